The van der Waals surface area contributed by atoms with Gasteiger partial charge in [0.1, 0.15) is 5.03 Å². The number of nitrogens with zero attached hydrogens (tertiary/aromatic N) is 3. The SMILES string of the molecule is CCC(N)Cc1cnc(Sc2ncc(C)cn2)c(C)c1. The van der Waals surface area contributed by atoms with E-state index in [0.717, 1.165) is 34.2 Å². The number of hydrogen-bond acceptors (Lipinski definition) is 5. The number of rotatable bonds is 5. The molecule has 1 atom stereocenters. The Morgan fingerprint density at radius 2 is 1.85 bits per heavy atom. The number of aryl methyl sites for hydroxylation is 2. The topological polar surface area (TPSA) is 64.7 Å². The van der Waals surface area contributed by atoms with Crippen molar-refractivity contribution in [1.82, 2.24) is 15.0 Å². The van der Waals surface area contributed by atoms with Crippen LogP contribution in [0.3, 0.4) is 0 Å². The summed E-state index contributed by atoms with van der Waals surface area (Å²) in [6.07, 6.45) is 7.39. The van der Waals surface area contributed by atoms with Gasteiger partial charge >= 0.3 is 0 Å². The molecule has 0 aliphatic carbocycles. The van der Waals surface area contributed by atoms with Crippen LogP contribution in [0.15, 0.2) is 34.8 Å². The van der Waals surface area contributed by atoms with Gasteiger partial charge in [0.05, 0.1) is 0 Å². The van der Waals surface area contributed by atoms with E-state index < -0.39 is 0 Å². The van der Waals surface area contributed by atoms with Gasteiger partial charge in [-0.1, -0.05) is 13.0 Å². The summed E-state index contributed by atoms with van der Waals surface area (Å²) in [7, 11) is 0. The second-order valence-electron chi connectivity index (χ2n) is 4.98. The van der Waals surface area contributed by atoms with Crippen molar-refractivity contribution in [1.29, 1.82) is 0 Å². The Hall–Kier alpha value is -1.46. The molecule has 106 valence electrons. The van der Waals surface area contributed by atoms with Gasteiger partial charge in [-0.2, -0.15) is 0 Å². The predicted octanol–water partition coefficient (Wildman–Crippen LogP) is 2.92. The van der Waals surface area contributed by atoms with Crippen LogP contribution in [0.4, 0.5) is 0 Å². The van der Waals surface area contributed by atoms with E-state index in [9.17, 15) is 0 Å². The van der Waals surface area contributed by atoms with Crippen LogP contribution in [0.25, 0.3) is 0 Å². The molecule has 0 aliphatic heterocycles. The van der Waals surface area contributed by atoms with Gasteiger partial charge < -0.3 is 5.73 Å². The molecule has 0 fully saturated rings. The lowest BCUT2D eigenvalue weighted by Gasteiger charge is -2.10. The zero-order valence-corrected chi connectivity index (χ0v) is 12.9. The monoisotopic (exact) mass is 288 g/mol. The Labute approximate surface area is 124 Å². The summed E-state index contributed by atoms with van der Waals surface area (Å²) < 4.78 is 0. The minimum absolute atomic E-state index is 0.204. The van der Waals surface area contributed by atoms with Crippen molar-refractivity contribution in [2.24, 2.45) is 5.73 Å². The van der Waals surface area contributed by atoms with E-state index in [2.05, 4.69) is 34.9 Å². The molecule has 2 N–H and O–H groups in total. The predicted molar refractivity (Wildman–Crippen MR) is 81.8 cm³/mol. The first-order valence-electron chi connectivity index (χ1n) is 6.76. The van der Waals surface area contributed by atoms with Crippen molar-refractivity contribution >= 4 is 11.8 Å². The molecule has 20 heavy (non-hydrogen) atoms. The zero-order chi connectivity index (χ0) is 14.5. The van der Waals surface area contributed by atoms with Crippen LogP contribution in [-0.4, -0.2) is 21.0 Å². The van der Waals surface area contributed by atoms with E-state index in [1.165, 1.54) is 17.3 Å². The van der Waals surface area contributed by atoms with Crippen LogP contribution in [0.1, 0.15) is 30.0 Å². The van der Waals surface area contributed by atoms with Gasteiger partial charge in [-0.15, -0.1) is 0 Å². The maximum absolute atomic E-state index is 5.98. The van der Waals surface area contributed by atoms with Gasteiger partial charge in [-0.3, -0.25) is 0 Å². The van der Waals surface area contributed by atoms with Crippen LogP contribution in [0, 0.1) is 13.8 Å². The Morgan fingerprint density at radius 3 is 2.45 bits per heavy atom. The molecule has 0 saturated heterocycles. The molecule has 0 aliphatic rings. The van der Waals surface area contributed by atoms with Crippen LogP contribution >= 0.6 is 11.8 Å². The molecule has 5 heteroatoms. The lowest BCUT2D eigenvalue weighted by molar-refractivity contribution is 0.644. The minimum Gasteiger partial charge on any atom is -0.327 e. The van der Waals surface area contributed by atoms with Crippen LogP contribution < -0.4 is 5.73 Å². The quantitative estimate of drug-likeness (QED) is 0.857. The van der Waals surface area contributed by atoms with E-state index in [-0.39, 0.29) is 6.04 Å². The highest BCUT2D eigenvalue weighted by atomic mass is 32.2. The summed E-state index contributed by atoms with van der Waals surface area (Å²) >= 11 is 1.49. The molecule has 0 bridgehead atoms. The van der Waals surface area contributed by atoms with Crippen molar-refractivity contribution in [2.45, 2.75) is 49.8 Å². The molecule has 0 radical (unpaired) electrons. The lowest BCUT2D eigenvalue weighted by atomic mass is 10.1. The Kier molecular flexibility index (Phi) is 5.09. The second-order valence-corrected chi connectivity index (χ2v) is 5.94. The fourth-order valence-corrected chi connectivity index (χ4v) is 2.52. The number of aromatic nitrogens is 3. The average molecular weight is 288 g/mol. The highest BCUT2D eigenvalue weighted by Crippen LogP contribution is 2.26. The van der Waals surface area contributed by atoms with E-state index >= 15 is 0 Å². The number of nitrogens with two attached hydrogens (primary N) is 1. The van der Waals surface area contributed by atoms with Crippen LogP contribution in [0.5, 0.6) is 0 Å². The van der Waals surface area contributed by atoms with Crippen LogP contribution in [0.2, 0.25) is 0 Å². The van der Waals surface area contributed by atoms with Crippen molar-refractivity contribution in [2.75, 3.05) is 0 Å². The number of hydrogen-bond donors (Lipinski definition) is 1. The normalized spacial score (nSPS) is 12.4. The summed E-state index contributed by atoms with van der Waals surface area (Å²) in [4.78, 5) is 13.1. The lowest BCUT2D eigenvalue weighted by Crippen LogP contribution is -2.21. The molecule has 0 saturated carbocycles. The average Bonchev–Trinajstić information content (AvgIpc) is 2.44. The molecular weight excluding hydrogens is 268 g/mol. The van der Waals surface area contributed by atoms with Crippen LogP contribution in [-0.2, 0) is 6.42 Å². The second kappa shape index (κ2) is 6.81. The first-order valence-corrected chi connectivity index (χ1v) is 7.57. The minimum atomic E-state index is 0.204. The molecule has 2 aromatic heterocycles. The summed E-state index contributed by atoms with van der Waals surface area (Å²) in [5.41, 5.74) is 9.36. The van der Waals surface area contributed by atoms with Crippen molar-refractivity contribution in [3.05, 3.63) is 41.3 Å². The molecule has 0 amide bonds. The van der Waals surface area contributed by atoms with E-state index in [0.29, 0.717) is 0 Å². The third-order valence-corrected chi connectivity index (χ3v) is 4.07. The van der Waals surface area contributed by atoms with Crippen molar-refractivity contribution < 1.29 is 0 Å². The largest absolute Gasteiger partial charge is 0.327 e. The summed E-state index contributed by atoms with van der Waals surface area (Å²) in [6, 6.07) is 2.36. The standard InChI is InChI=1S/C15H20N4S/c1-4-13(16)6-12-5-11(3)14(17-9-12)20-15-18-7-10(2)8-19-15/h5,7-9,13H,4,6,16H2,1-3H3. The van der Waals surface area contributed by atoms with E-state index in [4.69, 9.17) is 5.73 Å². The van der Waals surface area contributed by atoms with Gasteiger partial charge in [0.15, 0.2) is 5.16 Å². The zero-order valence-electron chi connectivity index (χ0n) is 12.1. The number of pyridine rings is 1. The maximum atomic E-state index is 5.98. The summed E-state index contributed by atoms with van der Waals surface area (Å²) in [5.74, 6) is 0. The first kappa shape index (κ1) is 14.9. The molecule has 2 rings (SSSR count). The fraction of sp³-hybridized carbons (Fsp3) is 0.400. The molecular formula is C15H20N4S. The first-order chi connectivity index (χ1) is 9.58. The molecule has 4 nitrogen and oxygen atoms in total. The van der Waals surface area contributed by atoms with Crippen molar-refractivity contribution in [3.8, 4) is 0 Å². The molecule has 2 aromatic rings. The van der Waals surface area contributed by atoms with Gasteiger partial charge in [0, 0.05) is 24.6 Å². The van der Waals surface area contributed by atoms with Gasteiger partial charge in [0.2, 0.25) is 0 Å². The van der Waals surface area contributed by atoms with Gasteiger partial charge in [0.25, 0.3) is 0 Å². The highest BCUT2D eigenvalue weighted by Gasteiger charge is 2.08. The molecule has 0 aromatic carbocycles. The fourth-order valence-electron chi connectivity index (χ4n) is 1.81. The molecule has 1 unspecified atom stereocenters. The van der Waals surface area contributed by atoms with E-state index in [1.54, 1.807) is 0 Å². The Morgan fingerprint density at radius 1 is 1.15 bits per heavy atom. The maximum Gasteiger partial charge on any atom is 0.193 e. The third kappa shape index (κ3) is 4.02. The van der Waals surface area contributed by atoms with Gasteiger partial charge in [-0.25, -0.2) is 15.0 Å². The molecule has 0 spiro atoms. The van der Waals surface area contributed by atoms with E-state index in [1.807, 2.05) is 25.5 Å². The van der Waals surface area contributed by atoms with Crippen molar-refractivity contribution in [3.63, 3.8) is 0 Å². The summed E-state index contributed by atoms with van der Waals surface area (Å²) in [5, 5.41) is 1.67. The smallest absolute Gasteiger partial charge is 0.193 e. The third-order valence-electron chi connectivity index (χ3n) is 3.05. The highest BCUT2D eigenvalue weighted by molar-refractivity contribution is 7.99. The summed E-state index contributed by atoms with van der Waals surface area (Å²) in [6.45, 7) is 6.14. The van der Waals surface area contributed by atoms with Gasteiger partial charge in [-0.05, 0) is 55.1 Å². The Bertz CT molecular complexity index is 569. The molecule has 2 heterocycles. The Balaban J connectivity index is 2.11.